The lowest BCUT2D eigenvalue weighted by Crippen LogP contribution is -2.27. The summed E-state index contributed by atoms with van der Waals surface area (Å²) in [6, 6.07) is 6.83. The third-order valence-corrected chi connectivity index (χ3v) is 4.26. The first kappa shape index (κ1) is 18.6. The number of carbonyl (C=O) groups excluding carboxylic acids is 1. The summed E-state index contributed by atoms with van der Waals surface area (Å²) in [5.74, 6) is 0.341. The van der Waals surface area contributed by atoms with E-state index in [0.717, 1.165) is 6.42 Å². The van der Waals surface area contributed by atoms with Crippen molar-refractivity contribution in [3.63, 3.8) is 0 Å². The van der Waals surface area contributed by atoms with Crippen molar-refractivity contribution in [2.75, 3.05) is 5.32 Å². The van der Waals surface area contributed by atoms with Crippen molar-refractivity contribution < 1.29 is 9.21 Å². The lowest BCUT2D eigenvalue weighted by atomic mass is 10.0. The second-order valence-corrected chi connectivity index (χ2v) is 6.85. The Labute approximate surface area is 155 Å². The molecule has 0 saturated carbocycles. The lowest BCUT2D eigenvalue weighted by molar-refractivity contribution is 0.102. The van der Waals surface area contributed by atoms with E-state index in [1.807, 2.05) is 0 Å². The van der Waals surface area contributed by atoms with Crippen LogP contribution in [0.1, 0.15) is 41.9 Å². The Morgan fingerprint density at radius 2 is 2.07 bits per heavy atom. The van der Waals surface area contributed by atoms with Gasteiger partial charge in [0.1, 0.15) is 22.7 Å². The van der Waals surface area contributed by atoms with E-state index in [9.17, 15) is 14.4 Å². The van der Waals surface area contributed by atoms with Crippen molar-refractivity contribution in [3.05, 3.63) is 74.3 Å². The van der Waals surface area contributed by atoms with Crippen molar-refractivity contribution in [3.8, 4) is 0 Å². The molecule has 3 aromatic rings. The normalized spacial score (nSPS) is 11.1. The Balaban J connectivity index is 1.90. The summed E-state index contributed by atoms with van der Waals surface area (Å²) in [6.07, 6.45) is 4.35. The highest BCUT2D eigenvalue weighted by Gasteiger charge is 2.19. The van der Waals surface area contributed by atoms with Gasteiger partial charge in [0.25, 0.3) is 11.5 Å². The minimum atomic E-state index is -0.708. The van der Waals surface area contributed by atoms with Gasteiger partial charge in [0.2, 0.25) is 0 Å². The standard InChI is InChI=1S/C20H21N3O4/c1-12(2)7-8-14-10-13(3)17(20(26)27-14)18(24)22-15-11-21-16-6-4-5-9-23(16)19(15)25/h4-6,9-12H,7-8H2,1-3H3,(H,22,24). The molecule has 7 heteroatoms. The first-order valence-corrected chi connectivity index (χ1v) is 8.78. The Bertz CT molecular complexity index is 1110. The zero-order valence-electron chi connectivity index (χ0n) is 15.5. The maximum absolute atomic E-state index is 12.6. The fourth-order valence-corrected chi connectivity index (χ4v) is 2.80. The first-order chi connectivity index (χ1) is 12.9. The molecule has 0 aromatic carbocycles. The van der Waals surface area contributed by atoms with Crippen LogP contribution >= 0.6 is 0 Å². The van der Waals surface area contributed by atoms with Crippen molar-refractivity contribution in [1.82, 2.24) is 9.38 Å². The summed E-state index contributed by atoms with van der Waals surface area (Å²) in [5, 5.41) is 2.48. The second-order valence-electron chi connectivity index (χ2n) is 6.85. The molecule has 140 valence electrons. The highest BCUT2D eigenvalue weighted by Crippen LogP contribution is 2.13. The Kier molecular flexibility index (Phi) is 5.21. The van der Waals surface area contributed by atoms with Crippen LogP contribution in [0, 0.1) is 12.8 Å². The SMILES string of the molecule is Cc1cc(CCC(C)C)oc(=O)c1C(=O)Nc1cnc2ccccn2c1=O. The molecule has 0 aliphatic heterocycles. The number of nitrogens with zero attached hydrogens (tertiary/aromatic N) is 2. The van der Waals surface area contributed by atoms with Gasteiger partial charge < -0.3 is 9.73 Å². The number of hydrogen-bond donors (Lipinski definition) is 1. The number of hydrogen-bond acceptors (Lipinski definition) is 5. The molecular weight excluding hydrogens is 346 g/mol. The van der Waals surface area contributed by atoms with Crippen LogP contribution < -0.4 is 16.5 Å². The van der Waals surface area contributed by atoms with Gasteiger partial charge >= 0.3 is 5.63 Å². The largest absolute Gasteiger partial charge is 0.427 e. The fourth-order valence-electron chi connectivity index (χ4n) is 2.80. The maximum Gasteiger partial charge on any atom is 0.349 e. The molecule has 3 rings (SSSR count). The van der Waals surface area contributed by atoms with E-state index in [1.54, 1.807) is 37.4 Å². The second kappa shape index (κ2) is 7.57. The Hall–Kier alpha value is -3.22. The number of aryl methyl sites for hydroxylation is 2. The molecule has 27 heavy (non-hydrogen) atoms. The molecule has 1 N–H and O–H groups in total. The highest BCUT2D eigenvalue weighted by atomic mass is 16.4. The third kappa shape index (κ3) is 3.97. The third-order valence-electron chi connectivity index (χ3n) is 4.26. The summed E-state index contributed by atoms with van der Waals surface area (Å²) in [6.45, 7) is 5.85. The highest BCUT2D eigenvalue weighted by molar-refractivity contribution is 6.04. The minimum Gasteiger partial charge on any atom is -0.427 e. The molecule has 7 nitrogen and oxygen atoms in total. The van der Waals surface area contributed by atoms with Crippen LogP contribution in [0.4, 0.5) is 5.69 Å². The zero-order chi connectivity index (χ0) is 19.6. The molecule has 0 spiro atoms. The molecule has 0 aliphatic rings. The smallest absolute Gasteiger partial charge is 0.349 e. The van der Waals surface area contributed by atoms with Gasteiger partial charge in [-0.05, 0) is 43.0 Å². The van der Waals surface area contributed by atoms with Gasteiger partial charge in [-0.15, -0.1) is 0 Å². The number of aromatic nitrogens is 2. The molecule has 3 aromatic heterocycles. The van der Waals surface area contributed by atoms with E-state index in [1.165, 1.54) is 10.6 Å². The molecule has 1 amide bonds. The van der Waals surface area contributed by atoms with E-state index in [2.05, 4.69) is 24.1 Å². The number of carbonyl (C=O) groups is 1. The summed E-state index contributed by atoms with van der Waals surface area (Å²) in [4.78, 5) is 41.5. The number of pyridine rings is 1. The van der Waals surface area contributed by atoms with E-state index in [0.29, 0.717) is 29.3 Å². The molecule has 0 saturated heterocycles. The number of nitrogens with one attached hydrogen (secondary N) is 1. The number of anilines is 1. The molecule has 3 heterocycles. The molecule has 0 radical (unpaired) electrons. The monoisotopic (exact) mass is 367 g/mol. The van der Waals surface area contributed by atoms with Crippen molar-refractivity contribution in [2.24, 2.45) is 5.92 Å². The van der Waals surface area contributed by atoms with Gasteiger partial charge in [-0.2, -0.15) is 0 Å². The first-order valence-electron chi connectivity index (χ1n) is 8.78. The fraction of sp³-hybridized carbons (Fsp3) is 0.300. The number of fused-ring (bicyclic) bond motifs is 1. The van der Waals surface area contributed by atoms with Crippen molar-refractivity contribution in [1.29, 1.82) is 0 Å². The van der Waals surface area contributed by atoms with Gasteiger partial charge in [-0.3, -0.25) is 14.0 Å². The van der Waals surface area contributed by atoms with Gasteiger partial charge in [-0.1, -0.05) is 19.9 Å². The Morgan fingerprint density at radius 1 is 1.30 bits per heavy atom. The van der Waals surface area contributed by atoms with E-state index in [4.69, 9.17) is 4.42 Å². The van der Waals surface area contributed by atoms with E-state index >= 15 is 0 Å². The molecule has 0 atom stereocenters. The molecule has 0 bridgehead atoms. The number of rotatable bonds is 5. The molecule has 0 fully saturated rings. The summed E-state index contributed by atoms with van der Waals surface area (Å²) in [5.41, 5.74) is -0.279. The number of amides is 1. The van der Waals surface area contributed by atoms with Gasteiger partial charge in [-0.25, -0.2) is 9.78 Å². The van der Waals surface area contributed by atoms with Crippen LogP contribution in [-0.2, 0) is 6.42 Å². The van der Waals surface area contributed by atoms with Crippen LogP contribution in [0.15, 0.2) is 50.7 Å². The van der Waals surface area contributed by atoms with Crippen LogP contribution in [0.5, 0.6) is 0 Å². The van der Waals surface area contributed by atoms with Crippen LogP contribution in [-0.4, -0.2) is 15.3 Å². The molecular formula is C20H21N3O4. The van der Waals surface area contributed by atoms with Crippen LogP contribution in [0.25, 0.3) is 5.65 Å². The summed E-state index contributed by atoms with van der Waals surface area (Å²) >= 11 is 0. The molecule has 0 unspecified atom stereocenters. The lowest BCUT2D eigenvalue weighted by Gasteiger charge is -2.09. The summed E-state index contributed by atoms with van der Waals surface area (Å²) < 4.78 is 6.60. The average Bonchev–Trinajstić information content (AvgIpc) is 2.62. The minimum absolute atomic E-state index is 0.00798. The predicted octanol–water partition coefficient (Wildman–Crippen LogP) is 2.80. The van der Waals surface area contributed by atoms with Crippen molar-refractivity contribution in [2.45, 2.75) is 33.6 Å². The van der Waals surface area contributed by atoms with Crippen LogP contribution in [0.3, 0.4) is 0 Å². The van der Waals surface area contributed by atoms with Crippen LogP contribution in [0.2, 0.25) is 0 Å². The van der Waals surface area contributed by atoms with E-state index in [-0.39, 0.29) is 11.3 Å². The average molecular weight is 367 g/mol. The van der Waals surface area contributed by atoms with Gasteiger partial charge in [0.15, 0.2) is 0 Å². The van der Waals surface area contributed by atoms with Gasteiger partial charge in [0.05, 0.1) is 6.20 Å². The maximum atomic E-state index is 12.6. The predicted molar refractivity (Wildman–Crippen MR) is 102 cm³/mol. The zero-order valence-corrected chi connectivity index (χ0v) is 15.5. The molecule has 0 aliphatic carbocycles. The quantitative estimate of drug-likeness (QED) is 0.748. The topological polar surface area (TPSA) is 93.7 Å². The van der Waals surface area contributed by atoms with E-state index < -0.39 is 17.1 Å². The summed E-state index contributed by atoms with van der Waals surface area (Å²) in [7, 11) is 0. The Morgan fingerprint density at radius 3 is 2.78 bits per heavy atom. The van der Waals surface area contributed by atoms with Crippen molar-refractivity contribution >= 4 is 17.2 Å². The van der Waals surface area contributed by atoms with Gasteiger partial charge in [0, 0.05) is 12.6 Å².